The first-order chi connectivity index (χ1) is 11.7. The third-order valence-electron chi connectivity index (χ3n) is 4.53. The van der Waals surface area contributed by atoms with Gasteiger partial charge in [-0.15, -0.1) is 0 Å². The topological polar surface area (TPSA) is 81.1 Å². The number of carbonyl (C=O) groups excluding carboxylic acids is 1. The number of hydrogen-bond donors (Lipinski definition) is 3. The highest BCUT2D eigenvalue weighted by atomic mass is 16.1. The van der Waals surface area contributed by atoms with Crippen molar-refractivity contribution in [2.24, 2.45) is 11.5 Å². The largest absolute Gasteiger partial charge is 0.352 e. The quantitative estimate of drug-likeness (QED) is 0.329. The minimum absolute atomic E-state index is 0.0792. The average Bonchev–Trinajstić information content (AvgIpc) is 2.58. The number of nitrogens with two attached hydrogens (primary N) is 2. The van der Waals surface area contributed by atoms with E-state index in [-0.39, 0.29) is 11.9 Å². The minimum atomic E-state index is -0.0792. The molecule has 1 radical (unpaired) electrons. The molecule has 0 spiro atoms. The van der Waals surface area contributed by atoms with E-state index in [2.05, 4.69) is 12.2 Å². The van der Waals surface area contributed by atoms with Crippen molar-refractivity contribution in [3.8, 4) is 0 Å². The summed E-state index contributed by atoms with van der Waals surface area (Å²) in [6.45, 7) is 3.13. The van der Waals surface area contributed by atoms with Gasteiger partial charge in [-0.2, -0.15) is 0 Å². The van der Waals surface area contributed by atoms with Crippen molar-refractivity contribution in [1.29, 1.82) is 0 Å². The lowest BCUT2D eigenvalue weighted by atomic mass is 10.0. The molecule has 0 aliphatic heterocycles. The fraction of sp³-hybridized carbons (Fsp3) is 0.900. The van der Waals surface area contributed by atoms with E-state index in [0.29, 0.717) is 19.5 Å². The second-order valence-corrected chi connectivity index (χ2v) is 6.87. The molecule has 0 rings (SSSR count). The van der Waals surface area contributed by atoms with Gasteiger partial charge in [0.05, 0.1) is 0 Å². The maximum atomic E-state index is 11.8. The van der Waals surface area contributed by atoms with Gasteiger partial charge in [0.15, 0.2) is 0 Å². The van der Waals surface area contributed by atoms with Crippen molar-refractivity contribution in [3.63, 3.8) is 0 Å². The molecule has 0 saturated heterocycles. The van der Waals surface area contributed by atoms with E-state index in [1.807, 2.05) is 6.42 Å². The molecule has 0 aromatic rings. The normalized spacial score (nSPS) is 12.3. The lowest BCUT2D eigenvalue weighted by molar-refractivity contribution is -0.121. The second kappa shape index (κ2) is 18.7. The molecule has 5 N–H and O–H groups in total. The van der Waals surface area contributed by atoms with Crippen LogP contribution in [0.3, 0.4) is 0 Å². The van der Waals surface area contributed by atoms with E-state index in [4.69, 9.17) is 11.5 Å². The van der Waals surface area contributed by atoms with Gasteiger partial charge in [0.2, 0.25) is 5.91 Å². The number of rotatable bonds is 18. The smallest absolute Gasteiger partial charge is 0.220 e. The van der Waals surface area contributed by atoms with E-state index in [1.54, 1.807) is 0 Å². The summed E-state index contributed by atoms with van der Waals surface area (Å²) in [5.74, 6) is 0.0956. The van der Waals surface area contributed by atoms with Crippen LogP contribution < -0.4 is 16.8 Å². The Bertz CT molecular complexity index is 272. The van der Waals surface area contributed by atoms with E-state index in [1.165, 1.54) is 70.6 Å². The molecule has 4 nitrogen and oxygen atoms in total. The van der Waals surface area contributed by atoms with Crippen LogP contribution in [0.4, 0.5) is 0 Å². The zero-order valence-corrected chi connectivity index (χ0v) is 16.0. The summed E-state index contributed by atoms with van der Waals surface area (Å²) in [6.07, 6.45) is 19.7. The molecule has 0 aromatic heterocycles. The van der Waals surface area contributed by atoms with E-state index < -0.39 is 0 Å². The van der Waals surface area contributed by atoms with Gasteiger partial charge >= 0.3 is 0 Å². The summed E-state index contributed by atoms with van der Waals surface area (Å²) in [5, 5.41) is 2.91. The van der Waals surface area contributed by atoms with Crippen molar-refractivity contribution in [2.75, 3.05) is 13.1 Å². The summed E-state index contributed by atoms with van der Waals surface area (Å²) in [5.41, 5.74) is 11.0. The lowest BCUT2D eigenvalue weighted by Gasteiger charge is -2.15. The Kier molecular flexibility index (Phi) is 18.2. The van der Waals surface area contributed by atoms with Crippen LogP contribution in [0.1, 0.15) is 96.8 Å². The predicted molar refractivity (Wildman–Crippen MR) is 105 cm³/mol. The highest BCUT2D eigenvalue weighted by Gasteiger charge is 2.09. The van der Waals surface area contributed by atoms with Crippen LogP contribution in [0, 0.1) is 6.42 Å². The molecule has 0 aromatic carbocycles. The molecule has 4 heteroatoms. The van der Waals surface area contributed by atoms with E-state index in [9.17, 15) is 4.79 Å². The average molecular weight is 341 g/mol. The van der Waals surface area contributed by atoms with Crippen LogP contribution in [0.2, 0.25) is 0 Å². The molecule has 0 bridgehead atoms. The predicted octanol–water partition coefficient (Wildman–Crippen LogP) is 4.07. The first kappa shape index (κ1) is 23.4. The van der Waals surface area contributed by atoms with Gasteiger partial charge in [-0.3, -0.25) is 4.79 Å². The lowest BCUT2D eigenvalue weighted by Crippen LogP contribution is -2.41. The molecule has 0 aliphatic carbocycles. The number of nitrogens with one attached hydrogen (secondary N) is 1. The van der Waals surface area contributed by atoms with Crippen LogP contribution in [-0.2, 0) is 4.79 Å². The maximum Gasteiger partial charge on any atom is 0.220 e. The fourth-order valence-corrected chi connectivity index (χ4v) is 2.96. The molecular weight excluding hydrogens is 298 g/mol. The minimum Gasteiger partial charge on any atom is -0.352 e. The number of carbonyl (C=O) groups is 1. The third kappa shape index (κ3) is 16.3. The van der Waals surface area contributed by atoms with E-state index >= 15 is 0 Å². The molecule has 0 aliphatic rings. The Morgan fingerprint density at radius 3 is 1.71 bits per heavy atom. The zero-order chi connectivity index (χ0) is 17.9. The molecule has 1 unspecified atom stereocenters. The summed E-state index contributed by atoms with van der Waals surface area (Å²) in [6, 6.07) is -0.0792. The van der Waals surface area contributed by atoms with E-state index in [0.717, 1.165) is 12.8 Å². The molecule has 24 heavy (non-hydrogen) atoms. The monoisotopic (exact) mass is 340 g/mol. The van der Waals surface area contributed by atoms with Gasteiger partial charge in [-0.1, -0.05) is 84.0 Å². The Morgan fingerprint density at radius 1 is 0.833 bits per heavy atom. The molecule has 0 heterocycles. The maximum absolute atomic E-state index is 11.8. The summed E-state index contributed by atoms with van der Waals surface area (Å²) >= 11 is 0. The second-order valence-electron chi connectivity index (χ2n) is 6.87. The Morgan fingerprint density at radius 2 is 1.29 bits per heavy atom. The van der Waals surface area contributed by atoms with Crippen molar-refractivity contribution in [2.45, 2.75) is 103 Å². The highest BCUT2D eigenvalue weighted by molar-refractivity contribution is 5.76. The summed E-state index contributed by atoms with van der Waals surface area (Å²) in [4.78, 5) is 11.8. The number of hydrogen-bond acceptors (Lipinski definition) is 3. The SMILES string of the molecule is CCCCCCCCCCCCCCCC(=O)NC([CH]CN)CN. The Balaban J connectivity index is 3.25. The van der Waals surface area contributed by atoms with Gasteiger partial charge in [-0.05, 0) is 19.4 Å². The van der Waals surface area contributed by atoms with Crippen LogP contribution in [0.5, 0.6) is 0 Å². The molecule has 1 amide bonds. The van der Waals surface area contributed by atoms with Crippen molar-refractivity contribution in [3.05, 3.63) is 6.42 Å². The molecule has 1 atom stereocenters. The van der Waals surface area contributed by atoms with Gasteiger partial charge in [0, 0.05) is 19.0 Å². The van der Waals surface area contributed by atoms with Crippen LogP contribution in [-0.4, -0.2) is 25.0 Å². The van der Waals surface area contributed by atoms with Gasteiger partial charge in [-0.25, -0.2) is 0 Å². The fourth-order valence-electron chi connectivity index (χ4n) is 2.96. The summed E-state index contributed by atoms with van der Waals surface area (Å²) in [7, 11) is 0. The first-order valence-electron chi connectivity index (χ1n) is 10.3. The van der Waals surface area contributed by atoms with Crippen molar-refractivity contribution < 1.29 is 4.79 Å². The molecule has 143 valence electrons. The van der Waals surface area contributed by atoms with Crippen LogP contribution >= 0.6 is 0 Å². The Hall–Kier alpha value is -0.610. The number of amides is 1. The first-order valence-corrected chi connectivity index (χ1v) is 10.3. The van der Waals surface area contributed by atoms with Gasteiger partial charge in [0.25, 0.3) is 0 Å². The molecule has 0 fully saturated rings. The molecule has 0 saturated carbocycles. The highest BCUT2D eigenvalue weighted by Crippen LogP contribution is 2.12. The summed E-state index contributed by atoms with van der Waals surface area (Å²) < 4.78 is 0. The third-order valence-corrected chi connectivity index (χ3v) is 4.53. The van der Waals surface area contributed by atoms with Crippen LogP contribution in [0.25, 0.3) is 0 Å². The standard InChI is InChI=1S/C20H42N3O/c1-2-3-4-5-6-7-8-9-10-11-12-13-14-15-20(24)23-19(18-22)16-17-21/h16,19H,2-15,17-18,21-22H2,1H3,(H,23,24). The Labute approximate surface area is 150 Å². The van der Waals surface area contributed by atoms with Crippen molar-refractivity contribution in [1.82, 2.24) is 5.32 Å². The van der Waals surface area contributed by atoms with Crippen LogP contribution in [0.15, 0.2) is 0 Å². The molecular formula is C20H42N3O. The van der Waals surface area contributed by atoms with Gasteiger partial charge < -0.3 is 16.8 Å². The number of unbranched alkanes of at least 4 members (excludes halogenated alkanes) is 12. The van der Waals surface area contributed by atoms with Gasteiger partial charge in [0.1, 0.15) is 0 Å². The van der Waals surface area contributed by atoms with Crippen molar-refractivity contribution >= 4 is 5.91 Å². The zero-order valence-electron chi connectivity index (χ0n) is 16.0.